The topological polar surface area (TPSA) is 52.8 Å². The first kappa shape index (κ1) is 18.1. The van der Waals surface area contributed by atoms with E-state index in [1.807, 2.05) is 0 Å². The van der Waals surface area contributed by atoms with E-state index in [4.69, 9.17) is 4.74 Å². The van der Waals surface area contributed by atoms with E-state index in [1.54, 1.807) is 13.4 Å². The Kier molecular flexibility index (Phi) is 4.66. The molecule has 0 amide bonds. The first-order chi connectivity index (χ1) is 14.2. The fraction of sp³-hybridized carbons (Fsp3) is 0.375. The van der Waals surface area contributed by atoms with Gasteiger partial charge in [0.1, 0.15) is 12.0 Å². The fourth-order valence-corrected chi connectivity index (χ4v) is 4.76. The lowest BCUT2D eigenvalue weighted by Crippen LogP contribution is -2.06. The van der Waals surface area contributed by atoms with Crippen molar-refractivity contribution in [2.75, 3.05) is 7.11 Å². The van der Waals surface area contributed by atoms with Gasteiger partial charge in [0.15, 0.2) is 0 Å². The predicted molar refractivity (Wildman–Crippen MR) is 115 cm³/mol. The molecule has 5 nitrogen and oxygen atoms in total. The maximum Gasteiger partial charge on any atom is 0.225 e. The van der Waals surface area contributed by atoms with Crippen molar-refractivity contribution in [3.8, 4) is 5.88 Å². The van der Waals surface area contributed by atoms with Crippen LogP contribution in [0.5, 0.6) is 5.88 Å². The summed E-state index contributed by atoms with van der Waals surface area (Å²) < 4.78 is 7.70. The number of nitrogens with zero attached hydrogens (tertiary/aromatic N) is 4. The Hall–Kier alpha value is -2.95. The minimum atomic E-state index is 0.512. The van der Waals surface area contributed by atoms with Crippen molar-refractivity contribution < 1.29 is 4.74 Å². The van der Waals surface area contributed by atoms with Crippen molar-refractivity contribution in [2.45, 2.75) is 45.1 Å². The molecule has 1 aliphatic rings. The van der Waals surface area contributed by atoms with E-state index in [0.717, 1.165) is 34.6 Å². The number of hydrogen-bond donors (Lipinski definition) is 0. The van der Waals surface area contributed by atoms with Crippen LogP contribution in [0.2, 0.25) is 0 Å². The smallest absolute Gasteiger partial charge is 0.225 e. The Morgan fingerprint density at radius 2 is 2.00 bits per heavy atom. The van der Waals surface area contributed by atoms with E-state index in [1.165, 1.54) is 36.6 Å². The summed E-state index contributed by atoms with van der Waals surface area (Å²) in [5.41, 5.74) is 4.56. The lowest BCUT2D eigenvalue weighted by molar-refractivity contribution is 0.402. The largest absolute Gasteiger partial charge is 0.480 e. The highest BCUT2D eigenvalue weighted by atomic mass is 16.5. The van der Waals surface area contributed by atoms with Gasteiger partial charge in [-0.15, -0.1) is 0 Å². The van der Waals surface area contributed by atoms with Crippen LogP contribution in [0.1, 0.15) is 43.0 Å². The van der Waals surface area contributed by atoms with Gasteiger partial charge >= 0.3 is 0 Å². The molecule has 0 N–H and O–H groups in total. The normalized spacial score (nSPS) is 19.2. The summed E-state index contributed by atoms with van der Waals surface area (Å²) in [6.45, 7) is 2.05. The number of aromatic nitrogens is 4. The van der Waals surface area contributed by atoms with Gasteiger partial charge in [0, 0.05) is 23.3 Å². The highest BCUT2D eigenvalue weighted by Crippen LogP contribution is 2.39. The monoisotopic (exact) mass is 386 g/mol. The molecule has 0 aliphatic heterocycles. The summed E-state index contributed by atoms with van der Waals surface area (Å²) in [7, 11) is 1.66. The summed E-state index contributed by atoms with van der Waals surface area (Å²) in [5.74, 6) is 1.41. The average molecular weight is 386 g/mol. The quantitative estimate of drug-likeness (QED) is 0.469. The standard InChI is InChI=1S/C24H26N4O/c1-16-3-8-19-9-6-18(14-22(19)27-16)5-4-17-7-10-20(13-17)28-12-11-21-23(28)25-15-26-24(21)29-2/h3,6,8-9,11-12,14-15,17,20H,4-5,7,10,13H2,1-2H3. The molecule has 148 valence electrons. The Bertz CT molecular complexity index is 1170. The van der Waals surface area contributed by atoms with Crippen molar-refractivity contribution in [1.29, 1.82) is 0 Å². The van der Waals surface area contributed by atoms with Crippen molar-refractivity contribution >= 4 is 21.9 Å². The van der Waals surface area contributed by atoms with Crippen LogP contribution in [0.4, 0.5) is 0 Å². The van der Waals surface area contributed by atoms with Gasteiger partial charge in [0.2, 0.25) is 5.88 Å². The second-order valence-corrected chi connectivity index (χ2v) is 8.19. The molecule has 3 heterocycles. The van der Waals surface area contributed by atoms with E-state index in [9.17, 15) is 0 Å². The Balaban J connectivity index is 1.27. The summed E-state index contributed by atoms with van der Waals surface area (Å²) in [6, 6.07) is 13.5. The van der Waals surface area contributed by atoms with E-state index in [2.05, 4.69) is 69.0 Å². The minimum Gasteiger partial charge on any atom is -0.480 e. The van der Waals surface area contributed by atoms with Crippen molar-refractivity contribution in [2.24, 2.45) is 5.92 Å². The first-order valence-corrected chi connectivity index (χ1v) is 10.4. The van der Waals surface area contributed by atoms with Gasteiger partial charge in [-0.2, -0.15) is 0 Å². The predicted octanol–water partition coefficient (Wildman–Crippen LogP) is 5.27. The number of ether oxygens (including phenoxy) is 1. The van der Waals surface area contributed by atoms with Crippen LogP contribution in [0.25, 0.3) is 21.9 Å². The zero-order chi connectivity index (χ0) is 19.8. The number of pyridine rings is 1. The molecule has 0 saturated heterocycles. The zero-order valence-corrected chi connectivity index (χ0v) is 17.0. The summed E-state index contributed by atoms with van der Waals surface area (Å²) in [4.78, 5) is 13.4. The SMILES string of the molecule is COc1ncnc2c1ccn2C1CCC(CCc2ccc3ccc(C)nc3c2)C1. The third kappa shape index (κ3) is 3.46. The van der Waals surface area contributed by atoms with Crippen LogP contribution in [0.3, 0.4) is 0 Å². The molecule has 5 rings (SSSR count). The van der Waals surface area contributed by atoms with E-state index in [-0.39, 0.29) is 0 Å². The van der Waals surface area contributed by atoms with Gasteiger partial charge in [0.05, 0.1) is 18.0 Å². The maximum atomic E-state index is 5.38. The molecule has 3 aromatic heterocycles. The summed E-state index contributed by atoms with van der Waals surface area (Å²) in [6.07, 6.45) is 9.78. The molecule has 29 heavy (non-hydrogen) atoms. The molecule has 1 aliphatic carbocycles. The molecule has 2 atom stereocenters. The first-order valence-electron chi connectivity index (χ1n) is 10.4. The molecule has 1 saturated carbocycles. The number of fused-ring (bicyclic) bond motifs is 2. The lowest BCUT2D eigenvalue weighted by Gasteiger charge is -2.14. The number of rotatable bonds is 5. The Morgan fingerprint density at radius 1 is 1.10 bits per heavy atom. The van der Waals surface area contributed by atoms with Gasteiger partial charge in [-0.05, 0) is 68.7 Å². The zero-order valence-electron chi connectivity index (χ0n) is 17.0. The molecule has 5 heteroatoms. The highest BCUT2D eigenvalue weighted by Gasteiger charge is 2.27. The van der Waals surface area contributed by atoms with E-state index in [0.29, 0.717) is 11.9 Å². The van der Waals surface area contributed by atoms with Gasteiger partial charge in [-0.3, -0.25) is 4.98 Å². The Labute approximate surface area is 170 Å². The molecule has 0 bridgehead atoms. The molecule has 0 radical (unpaired) electrons. The van der Waals surface area contributed by atoms with Crippen LogP contribution in [0, 0.1) is 12.8 Å². The third-order valence-corrected chi connectivity index (χ3v) is 6.31. The summed E-state index contributed by atoms with van der Waals surface area (Å²) in [5, 5.41) is 2.22. The Morgan fingerprint density at radius 3 is 2.90 bits per heavy atom. The lowest BCUT2D eigenvalue weighted by atomic mass is 9.97. The fourth-order valence-electron chi connectivity index (χ4n) is 4.76. The van der Waals surface area contributed by atoms with Crippen molar-refractivity contribution in [3.63, 3.8) is 0 Å². The van der Waals surface area contributed by atoms with Gasteiger partial charge < -0.3 is 9.30 Å². The number of aryl methyl sites for hydroxylation is 2. The van der Waals surface area contributed by atoms with Crippen LogP contribution < -0.4 is 4.74 Å². The van der Waals surface area contributed by atoms with E-state index < -0.39 is 0 Å². The number of benzene rings is 1. The number of hydrogen-bond acceptors (Lipinski definition) is 4. The molecule has 1 fully saturated rings. The van der Waals surface area contributed by atoms with Crippen molar-refractivity contribution in [1.82, 2.24) is 19.5 Å². The second-order valence-electron chi connectivity index (χ2n) is 8.19. The molecule has 2 unspecified atom stereocenters. The molecule has 0 spiro atoms. The van der Waals surface area contributed by atoms with Crippen LogP contribution in [0.15, 0.2) is 48.9 Å². The number of methoxy groups -OCH3 is 1. The molecule has 4 aromatic rings. The van der Waals surface area contributed by atoms with Gasteiger partial charge in [0.25, 0.3) is 0 Å². The van der Waals surface area contributed by atoms with Gasteiger partial charge in [-0.1, -0.05) is 18.2 Å². The second kappa shape index (κ2) is 7.47. The van der Waals surface area contributed by atoms with Crippen molar-refractivity contribution in [3.05, 3.63) is 60.2 Å². The molecular weight excluding hydrogens is 360 g/mol. The average Bonchev–Trinajstić information content (AvgIpc) is 3.38. The van der Waals surface area contributed by atoms with Crippen LogP contribution in [-0.4, -0.2) is 26.6 Å². The molecular formula is C24H26N4O. The molecule has 1 aromatic carbocycles. The van der Waals surface area contributed by atoms with Gasteiger partial charge in [-0.25, -0.2) is 9.97 Å². The van der Waals surface area contributed by atoms with Crippen LogP contribution in [-0.2, 0) is 6.42 Å². The van der Waals surface area contributed by atoms with Crippen LogP contribution >= 0.6 is 0 Å². The summed E-state index contributed by atoms with van der Waals surface area (Å²) >= 11 is 0. The maximum absolute atomic E-state index is 5.38. The third-order valence-electron chi connectivity index (χ3n) is 6.31. The van der Waals surface area contributed by atoms with E-state index >= 15 is 0 Å². The minimum absolute atomic E-state index is 0.512. The highest BCUT2D eigenvalue weighted by molar-refractivity contribution is 5.81.